The highest BCUT2D eigenvalue weighted by atomic mass is 19.1. The maximum atomic E-state index is 13.6. The Morgan fingerprint density at radius 3 is 2.31 bits per heavy atom. The lowest BCUT2D eigenvalue weighted by Gasteiger charge is -2.36. The third-order valence-electron chi connectivity index (χ3n) is 5.51. The number of halogens is 2. The van der Waals surface area contributed by atoms with Crippen LogP contribution in [0.1, 0.15) is 29.6 Å². The van der Waals surface area contributed by atoms with Crippen LogP contribution >= 0.6 is 0 Å². The molecule has 0 atom stereocenters. The van der Waals surface area contributed by atoms with Crippen LogP contribution in [0.5, 0.6) is 0 Å². The summed E-state index contributed by atoms with van der Waals surface area (Å²) in [7, 11) is 0. The molecule has 2 amide bonds. The minimum atomic E-state index is -0.901. The van der Waals surface area contributed by atoms with Crippen molar-refractivity contribution < 1.29 is 18.4 Å². The van der Waals surface area contributed by atoms with Gasteiger partial charge >= 0.3 is 0 Å². The fraction of sp³-hybridized carbons (Fsp3) is 0.417. The normalized spacial score (nSPS) is 14.2. The molecule has 2 aromatic rings. The summed E-state index contributed by atoms with van der Waals surface area (Å²) in [5, 5.41) is 5.45. The molecule has 3 rings (SSSR count). The van der Waals surface area contributed by atoms with E-state index in [0.717, 1.165) is 51.3 Å². The van der Waals surface area contributed by atoms with Gasteiger partial charge in [-0.2, -0.15) is 0 Å². The minimum Gasteiger partial charge on any atom is -0.369 e. The van der Waals surface area contributed by atoms with Gasteiger partial charge in [0.05, 0.1) is 5.56 Å². The van der Waals surface area contributed by atoms with Gasteiger partial charge in [0.1, 0.15) is 11.6 Å². The average molecular weight is 445 g/mol. The Hall–Kier alpha value is -3.00. The first-order valence-electron chi connectivity index (χ1n) is 11.1. The molecular formula is C24H30F2N4O2. The van der Waals surface area contributed by atoms with Crippen LogP contribution in [0.2, 0.25) is 0 Å². The molecule has 0 unspecified atom stereocenters. The second kappa shape index (κ2) is 12.1. The molecule has 1 fully saturated rings. The number of amides is 2. The first kappa shape index (κ1) is 23.7. The summed E-state index contributed by atoms with van der Waals surface area (Å²) in [6.07, 6.45) is 1.61. The van der Waals surface area contributed by atoms with Gasteiger partial charge in [-0.05, 0) is 43.7 Å². The molecule has 2 aromatic carbocycles. The lowest BCUT2D eigenvalue weighted by Crippen LogP contribution is -2.47. The molecular weight excluding hydrogens is 414 g/mol. The van der Waals surface area contributed by atoms with Crippen molar-refractivity contribution in [1.29, 1.82) is 0 Å². The summed E-state index contributed by atoms with van der Waals surface area (Å²) >= 11 is 0. The van der Waals surface area contributed by atoms with Crippen molar-refractivity contribution in [3.8, 4) is 0 Å². The number of piperazine rings is 1. The number of hydrogen-bond acceptors (Lipinski definition) is 4. The first-order chi connectivity index (χ1) is 15.5. The van der Waals surface area contributed by atoms with Crippen molar-refractivity contribution in [3.05, 3.63) is 65.7 Å². The number of para-hydroxylation sites is 1. The van der Waals surface area contributed by atoms with E-state index < -0.39 is 17.5 Å². The van der Waals surface area contributed by atoms with Gasteiger partial charge in [-0.1, -0.05) is 18.2 Å². The van der Waals surface area contributed by atoms with E-state index in [2.05, 4.69) is 44.7 Å². The fourth-order valence-corrected chi connectivity index (χ4v) is 3.71. The van der Waals surface area contributed by atoms with E-state index >= 15 is 0 Å². The van der Waals surface area contributed by atoms with Crippen molar-refractivity contribution in [2.45, 2.75) is 19.3 Å². The molecule has 32 heavy (non-hydrogen) atoms. The Bertz CT molecular complexity index is 887. The van der Waals surface area contributed by atoms with Crippen LogP contribution in [-0.2, 0) is 4.79 Å². The Morgan fingerprint density at radius 1 is 0.875 bits per heavy atom. The maximum absolute atomic E-state index is 13.6. The molecule has 0 spiro atoms. The number of rotatable bonds is 10. The standard InChI is InChI=1S/C24H30F2N4O2/c25-19-9-10-21(22(26)18-19)24(32)28-11-4-8-23(31)27-12-5-13-29-14-16-30(17-15-29)20-6-2-1-3-7-20/h1-3,6-7,9-10,18H,4-5,8,11-17H2,(H,27,31)(H,28,32). The van der Waals surface area contributed by atoms with Gasteiger partial charge in [0, 0.05) is 57.4 Å². The van der Waals surface area contributed by atoms with E-state index in [1.807, 2.05) is 6.07 Å². The van der Waals surface area contributed by atoms with E-state index in [4.69, 9.17) is 0 Å². The van der Waals surface area contributed by atoms with E-state index in [9.17, 15) is 18.4 Å². The molecule has 8 heteroatoms. The van der Waals surface area contributed by atoms with Gasteiger partial charge in [0.25, 0.3) is 5.91 Å². The highest BCUT2D eigenvalue weighted by Crippen LogP contribution is 2.15. The lowest BCUT2D eigenvalue weighted by atomic mass is 10.2. The van der Waals surface area contributed by atoms with Crippen molar-refractivity contribution in [1.82, 2.24) is 15.5 Å². The van der Waals surface area contributed by atoms with Crippen LogP contribution in [0.25, 0.3) is 0 Å². The quantitative estimate of drug-likeness (QED) is 0.553. The van der Waals surface area contributed by atoms with Crippen molar-refractivity contribution >= 4 is 17.5 Å². The third kappa shape index (κ3) is 7.30. The molecule has 1 aliphatic heterocycles. The summed E-state index contributed by atoms with van der Waals surface area (Å²) in [5.74, 6) is -2.32. The van der Waals surface area contributed by atoms with Crippen LogP contribution in [-0.4, -0.2) is 62.5 Å². The molecule has 0 saturated carbocycles. The van der Waals surface area contributed by atoms with Gasteiger partial charge in [-0.15, -0.1) is 0 Å². The summed E-state index contributed by atoms with van der Waals surface area (Å²) in [6, 6.07) is 13.2. The predicted octanol–water partition coefficient (Wildman–Crippen LogP) is 2.80. The second-order valence-corrected chi connectivity index (χ2v) is 7.85. The molecule has 1 aliphatic rings. The van der Waals surface area contributed by atoms with Crippen LogP contribution in [0, 0.1) is 11.6 Å². The van der Waals surface area contributed by atoms with Crippen LogP contribution < -0.4 is 15.5 Å². The number of benzene rings is 2. The highest BCUT2D eigenvalue weighted by molar-refractivity contribution is 5.94. The Balaban J connectivity index is 1.22. The molecule has 1 heterocycles. The molecule has 0 radical (unpaired) electrons. The van der Waals surface area contributed by atoms with Gasteiger partial charge in [-0.3, -0.25) is 14.5 Å². The Morgan fingerprint density at radius 2 is 1.59 bits per heavy atom. The van der Waals surface area contributed by atoms with Crippen LogP contribution in [0.4, 0.5) is 14.5 Å². The zero-order valence-electron chi connectivity index (χ0n) is 18.2. The lowest BCUT2D eigenvalue weighted by molar-refractivity contribution is -0.121. The van der Waals surface area contributed by atoms with Crippen molar-refractivity contribution in [3.63, 3.8) is 0 Å². The molecule has 1 saturated heterocycles. The fourth-order valence-electron chi connectivity index (χ4n) is 3.71. The minimum absolute atomic E-state index is 0.0684. The molecule has 6 nitrogen and oxygen atoms in total. The van der Waals surface area contributed by atoms with E-state index in [0.29, 0.717) is 19.0 Å². The number of carbonyl (C=O) groups excluding carboxylic acids is 2. The van der Waals surface area contributed by atoms with Gasteiger partial charge < -0.3 is 15.5 Å². The van der Waals surface area contributed by atoms with Crippen molar-refractivity contribution in [2.75, 3.05) is 50.7 Å². The number of anilines is 1. The molecule has 0 aromatic heterocycles. The van der Waals surface area contributed by atoms with Gasteiger partial charge in [-0.25, -0.2) is 8.78 Å². The van der Waals surface area contributed by atoms with Gasteiger partial charge in [0.2, 0.25) is 5.91 Å². The third-order valence-corrected chi connectivity index (χ3v) is 5.51. The average Bonchev–Trinajstić information content (AvgIpc) is 2.80. The number of hydrogen-bond donors (Lipinski definition) is 2. The zero-order chi connectivity index (χ0) is 22.8. The highest BCUT2D eigenvalue weighted by Gasteiger charge is 2.16. The predicted molar refractivity (Wildman–Crippen MR) is 121 cm³/mol. The van der Waals surface area contributed by atoms with Crippen LogP contribution in [0.15, 0.2) is 48.5 Å². The zero-order valence-corrected chi connectivity index (χ0v) is 18.2. The summed E-state index contributed by atoms with van der Waals surface area (Å²) in [4.78, 5) is 28.7. The largest absolute Gasteiger partial charge is 0.369 e. The van der Waals surface area contributed by atoms with E-state index in [1.54, 1.807) is 0 Å². The Labute approximate surface area is 187 Å². The van der Waals surface area contributed by atoms with Crippen LogP contribution in [0.3, 0.4) is 0 Å². The van der Waals surface area contributed by atoms with Crippen molar-refractivity contribution in [2.24, 2.45) is 0 Å². The van der Waals surface area contributed by atoms with Gasteiger partial charge in [0.15, 0.2) is 0 Å². The Kier molecular flexibility index (Phi) is 8.98. The number of nitrogens with zero attached hydrogens (tertiary/aromatic N) is 2. The second-order valence-electron chi connectivity index (χ2n) is 7.85. The summed E-state index contributed by atoms with van der Waals surface area (Å²) in [6.45, 7) is 5.84. The molecule has 172 valence electrons. The summed E-state index contributed by atoms with van der Waals surface area (Å²) < 4.78 is 26.5. The molecule has 0 aliphatic carbocycles. The smallest absolute Gasteiger partial charge is 0.254 e. The summed E-state index contributed by atoms with van der Waals surface area (Å²) in [5.41, 5.74) is 1.05. The van der Waals surface area contributed by atoms with E-state index in [1.165, 1.54) is 5.69 Å². The maximum Gasteiger partial charge on any atom is 0.254 e. The topological polar surface area (TPSA) is 64.7 Å². The van der Waals surface area contributed by atoms with E-state index in [-0.39, 0.29) is 24.4 Å². The molecule has 0 bridgehead atoms. The monoisotopic (exact) mass is 444 g/mol. The number of carbonyl (C=O) groups is 2. The number of nitrogens with one attached hydrogen (secondary N) is 2. The first-order valence-corrected chi connectivity index (χ1v) is 11.1. The SMILES string of the molecule is O=C(CCCNC(=O)c1ccc(F)cc1F)NCCCN1CCN(c2ccccc2)CC1. The molecule has 2 N–H and O–H groups in total.